The van der Waals surface area contributed by atoms with E-state index in [0.717, 1.165) is 34.7 Å². The third-order valence-electron chi connectivity index (χ3n) is 5.58. The highest BCUT2D eigenvalue weighted by Gasteiger charge is 2.21. The molecule has 1 aliphatic rings. The topological polar surface area (TPSA) is 42.9 Å². The van der Waals surface area contributed by atoms with Gasteiger partial charge in [-0.15, -0.1) is 0 Å². The van der Waals surface area contributed by atoms with Crippen LogP contribution in [0.15, 0.2) is 83.6 Å². The molecule has 2 aromatic rings. The lowest BCUT2D eigenvalue weighted by Crippen LogP contribution is -2.35. The lowest BCUT2D eigenvalue weighted by atomic mass is 10.0. The molecule has 0 spiro atoms. The van der Waals surface area contributed by atoms with Gasteiger partial charge in [-0.2, -0.15) is 0 Å². The Labute approximate surface area is 211 Å². The van der Waals surface area contributed by atoms with Gasteiger partial charge in [0.05, 0.1) is 30.9 Å². The summed E-state index contributed by atoms with van der Waals surface area (Å²) in [6.45, 7) is 18.1. The second-order valence-corrected chi connectivity index (χ2v) is 8.38. The normalized spacial score (nSPS) is 15.6. The van der Waals surface area contributed by atoms with Crippen LogP contribution in [0.25, 0.3) is 5.57 Å². The number of nitrogens with zero attached hydrogens (tertiary/aromatic N) is 1. The summed E-state index contributed by atoms with van der Waals surface area (Å²) in [7, 11) is 0. The second-order valence-electron chi connectivity index (χ2n) is 8.38. The Bertz CT molecular complexity index is 1040. The van der Waals surface area contributed by atoms with E-state index in [9.17, 15) is 4.39 Å². The van der Waals surface area contributed by atoms with E-state index in [2.05, 4.69) is 43.1 Å². The summed E-state index contributed by atoms with van der Waals surface area (Å²) in [6, 6.07) is 14.8. The van der Waals surface area contributed by atoms with Crippen LogP contribution in [0, 0.1) is 12.7 Å². The zero-order valence-corrected chi connectivity index (χ0v) is 21.9. The van der Waals surface area contributed by atoms with Crippen molar-refractivity contribution in [2.24, 2.45) is 4.99 Å². The molecule has 2 aromatic carbocycles. The average molecular weight is 481 g/mol. The molecule has 0 aliphatic carbocycles. The van der Waals surface area contributed by atoms with E-state index in [-0.39, 0.29) is 19.5 Å². The van der Waals surface area contributed by atoms with Gasteiger partial charge in [-0.3, -0.25) is 10.3 Å². The second kappa shape index (κ2) is 14.4. The van der Waals surface area contributed by atoms with E-state index >= 15 is 0 Å². The van der Waals surface area contributed by atoms with E-state index < -0.39 is 0 Å². The van der Waals surface area contributed by atoms with Crippen LogP contribution in [0.3, 0.4) is 0 Å². The largest absolute Gasteiger partial charge is 0.490 e. The van der Waals surface area contributed by atoms with Crippen molar-refractivity contribution in [3.8, 4) is 0 Å². The lowest BCUT2D eigenvalue weighted by molar-refractivity contribution is -0.107. The van der Waals surface area contributed by atoms with Gasteiger partial charge in [0.1, 0.15) is 11.9 Å². The zero-order chi connectivity index (χ0) is 25.8. The summed E-state index contributed by atoms with van der Waals surface area (Å²) >= 11 is 0. The van der Waals surface area contributed by atoms with Gasteiger partial charge in [0.2, 0.25) is 0 Å². The summed E-state index contributed by atoms with van der Waals surface area (Å²) in [5, 5.41) is 3.46. The number of nitrogens with one attached hydrogen (secondary N) is 1. The van der Waals surface area contributed by atoms with Crippen molar-refractivity contribution in [1.82, 2.24) is 5.32 Å². The van der Waals surface area contributed by atoms with Gasteiger partial charge in [0, 0.05) is 13.5 Å². The smallest absolute Gasteiger partial charge is 0.145 e. The molecule has 1 aliphatic heterocycles. The third kappa shape index (κ3) is 9.27. The summed E-state index contributed by atoms with van der Waals surface area (Å²) in [6.07, 6.45) is 3.83. The summed E-state index contributed by atoms with van der Waals surface area (Å²) in [4.78, 5) is 4.91. The highest BCUT2D eigenvalue weighted by atomic mass is 19.1. The Hall–Kier alpha value is -3.02. The predicted molar refractivity (Wildman–Crippen MR) is 147 cm³/mol. The minimum atomic E-state index is -0.266. The Kier molecular flexibility index (Phi) is 11.6. The fraction of sp³-hybridized carbons (Fsp3) is 0.367. The zero-order valence-electron chi connectivity index (χ0n) is 21.9. The maximum Gasteiger partial charge on any atom is 0.145 e. The van der Waals surface area contributed by atoms with Crippen LogP contribution in [0.4, 0.5) is 4.39 Å². The summed E-state index contributed by atoms with van der Waals surface area (Å²) in [5.41, 5.74) is 5.85. The van der Waals surface area contributed by atoms with Crippen LogP contribution in [0.5, 0.6) is 0 Å². The maximum absolute atomic E-state index is 13.3. The first-order valence-corrected chi connectivity index (χ1v) is 12.2. The monoisotopic (exact) mass is 480 g/mol. The van der Waals surface area contributed by atoms with Crippen LogP contribution < -0.4 is 5.32 Å². The summed E-state index contributed by atoms with van der Waals surface area (Å²) in [5.74, 6) is 0.558. The molecule has 0 radical (unpaired) electrons. The highest BCUT2D eigenvalue weighted by Crippen LogP contribution is 2.18. The first-order valence-electron chi connectivity index (χ1n) is 12.2. The molecule has 35 heavy (non-hydrogen) atoms. The molecule has 1 heterocycles. The van der Waals surface area contributed by atoms with Crippen molar-refractivity contribution < 1.29 is 15.3 Å². The van der Waals surface area contributed by atoms with E-state index in [1.807, 2.05) is 46.8 Å². The Morgan fingerprint density at radius 3 is 2.34 bits per heavy atom. The number of allylic oxidation sites excluding steroid dienone is 5. The first-order chi connectivity index (χ1) is 16.8. The number of aryl methyl sites for hydroxylation is 1. The quantitative estimate of drug-likeness (QED) is 0.221. The van der Waals surface area contributed by atoms with Crippen LogP contribution in [0.2, 0.25) is 0 Å². The number of halogens is 1. The number of rotatable bonds is 10. The van der Waals surface area contributed by atoms with Gasteiger partial charge in [-0.05, 0) is 62.6 Å². The molecule has 1 unspecified atom stereocenters. The number of hydrogen-bond acceptors (Lipinski definition) is 4. The highest BCUT2D eigenvalue weighted by molar-refractivity contribution is 6.09. The van der Waals surface area contributed by atoms with Gasteiger partial charge >= 0.3 is 0 Å². The molecule has 0 saturated carbocycles. The Morgan fingerprint density at radius 1 is 1.14 bits per heavy atom. The van der Waals surface area contributed by atoms with Crippen molar-refractivity contribution in [1.29, 1.82) is 0 Å². The van der Waals surface area contributed by atoms with Gasteiger partial charge in [0.25, 0.3) is 0 Å². The molecule has 4 nitrogen and oxygen atoms in total. The van der Waals surface area contributed by atoms with Gasteiger partial charge in [-0.1, -0.05) is 68.5 Å². The molecule has 0 amide bonds. The van der Waals surface area contributed by atoms with E-state index in [0.29, 0.717) is 13.2 Å². The molecule has 5 heteroatoms. The molecule has 190 valence electrons. The van der Waals surface area contributed by atoms with Crippen molar-refractivity contribution in [3.05, 3.63) is 101 Å². The van der Waals surface area contributed by atoms with Crippen molar-refractivity contribution in [3.63, 3.8) is 0 Å². The molecule has 1 saturated heterocycles. The number of benzene rings is 2. The number of ether oxygens (including phenoxy) is 2. The molecule has 1 fully saturated rings. The molecular weight excluding hydrogens is 439 g/mol. The third-order valence-corrected chi connectivity index (χ3v) is 5.58. The van der Waals surface area contributed by atoms with Crippen molar-refractivity contribution >= 4 is 11.3 Å². The Morgan fingerprint density at radius 2 is 1.77 bits per heavy atom. The van der Waals surface area contributed by atoms with Crippen molar-refractivity contribution in [2.45, 2.75) is 60.4 Å². The van der Waals surface area contributed by atoms with E-state index in [1.165, 1.54) is 23.3 Å². The molecule has 1 atom stereocenters. The molecule has 3 rings (SSSR count). The Balaban J connectivity index is 0.00000211. The van der Waals surface area contributed by atoms with E-state index in [4.69, 9.17) is 14.5 Å². The first kappa shape index (κ1) is 28.2. The molecule has 0 aromatic heterocycles. The molecular formula is C30H41FN2O2. The standard InChI is InChI=1S/C28H33FN2O2.C2H6.H2/c1-19-6-9-24(10-7-19)16-30-23(5)31-28(21(3)22(4)33-27-17-32-18-27)15-8-20(2)25-11-13-26(29)14-12-25;1-2;/h6-15,23,27,30H,2,16-18H2,1,3-5H3;1-2H3;1H/b15-8-,22-21+,31-28-;;. The SMILES string of the molecule is C=C(\C=C/C(=N/C(C)NCc1ccc(C)cc1)C(/C)=C(\C)OC1COC1)c1ccc(F)cc1.CC.[HH]. The minimum Gasteiger partial charge on any atom is -0.490 e. The fourth-order valence-electron chi connectivity index (χ4n) is 3.23. The van der Waals surface area contributed by atoms with Gasteiger partial charge in [0.15, 0.2) is 0 Å². The van der Waals surface area contributed by atoms with Gasteiger partial charge < -0.3 is 9.47 Å². The number of aliphatic imine (C=N–C) groups is 1. The van der Waals surface area contributed by atoms with E-state index in [1.54, 1.807) is 12.1 Å². The van der Waals surface area contributed by atoms with Crippen molar-refractivity contribution in [2.75, 3.05) is 13.2 Å². The predicted octanol–water partition coefficient (Wildman–Crippen LogP) is 7.26. The summed E-state index contributed by atoms with van der Waals surface area (Å²) < 4.78 is 24.5. The van der Waals surface area contributed by atoms with Crippen LogP contribution >= 0.6 is 0 Å². The average Bonchev–Trinajstić information content (AvgIpc) is 2.84. The van der Waals surface area contributed by atoms with Crippen LogP contribution in [-0.4, -0.2) is 31.2 Å². The number of hydrogen-bond donors (Lipinski definition) is 1. The maximum atomic E-state index is 13.3. The van der Waals surface area contributed by atoms with Crippen LogP contribution in [-0.2, 0) is 16.0 Å². The fourth-order valence-corrected chi connectivity index (χ4v) is 3.23. The van der Waals surface area contributed by atoms with Crippen LogP contribution in [0.1, 0.15) is 52.7 Å². The molecule has 0 bridgehead atoms. The minimum absolute atomic E-state index is 0. The lowest BCUT2D eigenvalue weighted by Gasteiger charge is -2.28. The van der Waals surface area contributed by atoms with Gasteiger partial charge in [-0.25, -0.2) is 4.39 Å². The molecule has 1 N–H and O–H groups in total.